The summed E-state index contributed by atoms with van der Waals surface area (Å²) in [5.41, 5.74) is 5.40. The summed E-state index contributed by atoms with van der Waals surface area (Å²) in [6.07, 6.45) is 0. The molecule has 4 heteroatoms. The van der Waals surface area contributed by atoms with Gasteiger partial charge < -0.3 is 15.4 Å². The number of morpholine rings is 1. The van der Waals surface area contributed by atoms with Gasteiger partial charge in [0.15, 0.2) is 0 Å². The van der Waals surface area contributed by atoms with Crippen LogP contribution in [0.2, 0.25) is 0 Å². The van der Waals surface area contributed by atoms with Gasteiger partial charge in [-0.3, -0.25) is 4.79 Å². The molecule has 1 fully saturated rings. The Balaban J connectivity index is 2.39. The number of hydrogen-bond acceptors (Lipinski definition) is 3. The van der Waals surface area contributed by atoms with Crippen LogP contribution in [0.25, 0.3) is 0 Å². The second-order valence-corrected chi connectivity index (χ2v) is 3.07. The highest BCUT2D eigenvalue weighted by Crippen LogP contribution is 2.03. The van der Waals surface area contributed by atoms with Crippen molar-refractivity contribution in [3.8, 4) is 0 Å². The average molecular weight is 172 g/mol. The molecule has 2 N–H and O–H groups in total. The molecule has 1 aliphatic rings. The molecular weight excluding hydrogens is 156 g/mol. The number of ether oxygens (including phenoxy) is 1. The lowest BCUT2D eigenvalue weighted by Gasteiger charge is -2.28. The van der Waals surface area contributed by atoms with E-state index < -0.39 is 0 Å². The van der Waals surface area contributed by atoms with Gasteiger partial charge in [0, 0.05) is 25.6 Å². The smallest absolute Gasteiger partial charge is 0.226 e. The van der Waals surface area contributed by atoms with E-state index in [1.54, 1.807) is 0 Å². The van der Waals surface area contributed by atoms with Crippen LogP contribution in [0.3, 0.4) is 0 Å². The zero-order valence-corrected chi connectivity index (χ0v) is 7.45. The first kappa shape index (κ1) is 9.48. The third kappa shape index (κ3) is 2.19. The van der Waals surface area contributed by atoms with Crippen molar-refractivity contribution < 1.29 is 9.53 Å². The number of carbonyl (C=O) groups is 1. The first-order valence-electron chi connectivity index (χ1n) is 4.32. The van der Waals surface area contributed by atoms with Crippen molar-refractivity contribution >= 4 is 5.91 Å². The zero-order chi connectivity index (χ0) is 8.97. The Bertz CT molecular complexity index is 155. The van der Waals surface area contributed by atoms with Gasteiger partial charge in [0.2, 0.25) is 5.91 Å². The lowest BCUT2D eigenvalue weighted by molar-refractivity contribution is -0.138. The topological polar surface area (TPSA) is 55.6 Å². The second kappa shape index (κ2) is 4.42. The van der Waals surface area contributed by atoms with E-state index in [1.165, 1.54) is 0 Å². The number of nitrogens with two attached hydrogens (primary N) is 1. The molecule has 12 heavy (non-hydrogen) atoms. The molecule has 70 valence electrons. The van der Waals surface area contributed by atoms with Crippen LogP contribution in [-0.2, 0) is 9.53 Å². The Hall–Kier alpha value is -0.610. The van der Waals surface area contributed by atoms with Crippen LogP contribution in [0, 0.1) is 5.92 Å². The van der Waals surface area contributed by atoms with Crippen LogP contribution in [0.15, 0.2) is 0 Å². The summed E-state index contributed by atoms with van der Waals surface area (Å²) < 4.78 is 5.14. The predicted molar refractivity (Wildman–Crippen MR) is 45.6 cm³/mol. The van der Waals surface area contributed by atoms with E-state index in [2.05, 4.69) is 0 Å². The Morgan fingerprint density at radius 3 is 2.67 bits per heavy atom. The predicted octanol–water partition coefficient (Wildman–Crippen LogP) is -0.560. The van der Waals surface area contributed by atoms with Crippen LogP contribution in [0.4, 0.5) is 0 Å². The number of nitrogens with zero attached hydrogens (tertiary/aromatic N) is 1. The molecule has 1 saturated heterocycles. The summed E-state index contributed by atoms with van der Waals surface area (Å²) in [6, 6.07) is 0. The zero-order valence-electron chi connectivity index (χ0n) is 7.45. The van der Waals surface area contributed by atoms with E-state index in [9.17, 15) is 4.79 Å². The van der Waals surface area contributed by atoms with Crippen LogP contribution >= 0.6 is 0 Å². The average Bonchev–Trinajstić information content (AvgIpc) is 2.17. The van der Waals surface area contributed by atoms with Crippen molar-refractivity contribution in [2.45, 2.75) is 6.92 Å². The van der Waals surface area contributed by atoms with Gasteiger partial charge in [-0.05, 0) is 0 Å². The highest BCUT2D eigenvalue weighted by Gasteiger charge is 2.20. The van der Waals surface area contributed by atoms with Crippen LogP contribution in [-0.4, -0.2) is 43.7 Å². The maximum absolute atomic E-state index is 11.5. The van der Waals surface area contributed by atoms with Crippen molar-refractivity contribution in [1.29, 1.82) is 0 Å². The summed E-state index contributed by atoms with van der Waals surface area (Å²) in [7, 11) is 0. The largest absolute Gasteiger partial charge is 0.378 e. The first-order valence-corrected chi connectivity index (χ1v) is 4.32. The van der Waals surface area contributed by atoms with Gasteiger partial charge in [-0.2, -0.15) is 0 Å². The quantitative estimate of drug-likeness (QED) is 0.607. The van der Waals surface area contributed by atoms with Gasteiger partial charge in [0.1, 0.15) is 0 Å². The molecule has 4 nitrogen and oxygen atoms in total. The Labute approximate surface area is 72.7 Å². The fraction of sp³-hybridized carbons (Fsp3) is 0.875. The van der Waals surface area contributed by atoms with Crippen LogP contribution in [0.5, 0.6) is 0 Å². The second-order valence-electron chi connectivity index (χ2n) is 3.07. The molecule has 1 atom stereocenters. The van der Waals surface area contributed by atoms with Gasteiger partial charge in [0.05, 0.1) is 13.2 Å². The van der Waals surface area contributed by atoms with Crippen LogP contribution < -0.4 is 5.73 Å². The standard InChI is InChI=1S/C8H16N2O2/c1-7(6-9)8(11)10-2-4-12-5-3-10/h7H,2-6,9H2,1H3. The molecule has 0 bridgehead atoms. The highest BCUT2D eigenvalue weighted by molar-refractivity contribution is 5.78. The lowest BCUT2D eigenvalue weighted by atomic mass is 10.1. The molecule has 1 unspecified atom stereocenters. The van der Waals surface area contributed by atoms with Crippen LogP contribution in [0.1, 0.15) is 6.92 Å². The molecule has 1 aliphatic heterocycles. The molecule has 0 spiro atoms. The fourth-order valence-electron chi connectivity index (χ4n) is 1.20. The van der Waals surface area contributed by atoms with E-state index in [4.69, 9.17) is 10.5 Å². The molecule has 0 aromatic carbocycles. The summed E-state index contributed by atoms with van der Waals surface area (Å²) >= 11 is 0. The summed E-state index contributed by atoms with van der Waals surface area (Å²) in [6.45, 7) is 5.02. The molecule has 1 heterocycles. The third-order valence-corrected chi connectivity index (χ3v) is 2.10. The fourth-order valence-corrected chi connectivity index (χ4v) is 1.20. The molecule has 0 aromatic heterocycles. The number of carbonyl (C=O) groups excluding carboxylic acids is 1. The molecule has 1 rings (SSSR count). The van der Waals surface area contributed by atoms with Crippen molar-refractivity contribution in [2.24, 2.45) is 11.7 Å². The monoisotopic (exact) mass is 172 g/mol. The Morgan fingerprint density at radius 2 is 2.17 bits per heavy atom. The molecule has 0 aromatic rings. The van der Waals surface area contributed by atoms with E-state index in [0.29, 0.717) is 32.8 Å². The maximum atomic E-state index is 11.5. The maximum Gasteiger partial charge on any atom is 0.226 e. The van der Waals surface area contributed by atoms with Crippen molar-refractivity contribution in [3.05, 3.63) is 0 Å². The van der Waals surface area contributed by atoms with Crippen molar-refractivity contribution in [2.75, 3.05) is 32.8 Å². The van der Waals surface area contributed by atoms with Crippen molar-refractivity contribution in [1.82, 2.24) is 4.90 Å². The Morgan fingerprint density at radius 1 is 1.58 bits per heavy atom. The summed E-state index contributed by atoms with van der Waals surface area (Å²) in [4.78, 5) is 13.3. The SMILES string of the molecule is CC(CN)C(=O)N1CCOCC1. The molecular formula is C8H16N2O2. The minimum atomic E-state index is -0.0527. The first-order chi connectivity index (χ1) is 5.75. The molecule has 0 radical (unpaired) electrons. The minimum Gasteiger partial charge on any atom is -0.378 e. The van der Waals surface area contributed by atoms with Gasteiger partial charge >= 0.3 is 0 Å². The van der Waals surface area contributed by atoms with Gasteiger partial charge in [0.25, 0.3) is 0 Å². The van der Waals surface area contributed by atoms with Gasteiger partial charge in [-0.1, -0.05) is 6.92 Å². The van der Waals surface area contributed by atoms with E-state index in [1.807, 2.05) is 11.8 Å². The highest BCUT2D eigenvalue weighted by atomic mass is 16.5. The third-order valence-electron chi connectivity index (χ3n) is 2.10. The van der Waals surface area contributed by atoms with Gasteiger partial charge in [-0.25, -0.2) is 0 Å². The van der Waals surface area contributed by atoms with Crippen molar-refractivity contribution in [3.63, 3.8) is 0 Å². The minimum absolute atomic E-state index is 0.0527. The van der Waals surface area contributed by atoms with E-state index >= 15 is 0 Å². The normalized spacial score (nSPS) is 20.7. The molecule has 0 aliphatic carbocycles. The number of amides is 1. The number of hydrogen-bond donors (Lipinski definition) is 1. The number of rotatable bonds is 2. The molecule has 1 amide bonds. The summed E-state index contributed by atoms with van der Waals surface area (Å²) in [5, 5.41) is 0. The summed E-state index contributed by atoms with van der Waals surface area (Å²) in [5.74, 6) is 0.101. The lowest BCUT2D eigenvalue weighted by Crippen LogP contribution is -2.44. The van der Waals surface area contributed by atoms with Gasteiger partial charge in [-0.15, -0.1) is 0 Å². The molecule has 0 saturated carbocycles. The van der Waals surface area contributed by atoms with E-state index in [-0.39, 0.29) is 11.8 Å². The van der Waals surface area contributed by atoms with E-state index in [0.717, 1.165) is 0 Å². The Kier molecular flexibility index (Phi) is 3.49.